The molecule has 4 N–H and O–H groups in total. The molecule has 2 amide bonds. The van der Waals surface area contributed by atoms with E-state index in [9.17, 15) is 19.2 Å². The van der Waals surface area contributed by atoms with E-state index in [4.69, 9.17) is 15.2 Å². The van der Waals surface area contributed by atoms with Crippen LogP contribution in [0, 0.1) is 0 Å². The predicted octanol–water partition coefficient (Wildman–Crippen LogP) is 7.81. The lowest BCUT2D eigenvalue weighted by atomic mass is 10.1. The van der Waals surface area contributed by atoms with Crippen molar-refractivity contribution in [2.75, 3.05) is 26.3 Å². The second kappa shape index (κ2) is 34.2. The highest BCUT2D eigenvalue weighted by atomic mass is 16.5. The number of nitrogens with two attached hydrogens (primary N) is 1. The molecule has 0 aromatic rings. The highest BCUT2D eigenvalue weighted by molar-refractivity contribution is 5.82. The monoisotopic (exact) mass is 654 g/mol. The third-order valence-corrected chi connectivity index (χ3v) is 8.28. The fourth-order valence-electron chi connectivity index (χ4n) is 5.21. The van der Waals surface area contributed by atoms with Crippen LogP contribution >= 0.6 is 0 Å². The summed E-state index contributed by atoms with van der Waals surface area (Å²) >= 11 is 0. The van der Waals surface area contributed by atoms with Crippen LogP contribution in [-0.4, -0.2) is 56.1 Å². The highest BCUT2D eigenvalue weighted by Gasteiger charge is 2.14. The Balaban J connectivity index is 3.55. The number of unbranched alkanes of at least 4 members (excludes halogenated alkanes) is 18. The third-order valence-electron chi connectivity index (χ3n) is 8.28. The minimum absolute atomic E-state index is 0.137. The first-order valence-corrected chi connectivity index (χ1v) is 19.0. The Morgan fingerprint density at radius 3 is 1.33 bits per heavy atom. The topological polar surface area (TPSA) is 137 Å². The molecule has 0 bridgehead atoms. The van der Waals surface area contributed by atoms with Gasteiger partial charge in [0.25, 0.3) is 0 Å². The van der Waals surface area contributed by atoms with Gasteiger partial charge in [0.1, 0.15) is 0 Å². The SMILES string of the molecule is CCCCCCCCCCCC(=O)OCCCCNC(=O)CCC(N)C(=O)NCCCCOC(=O)CCCCCCCCCCC. The van der Waals surface area contributed by atoms with Crippen molar-refractivity contribution in [1.82, 2.24) is 10.6 Å². The molecule has 0 aromatic carbocycles. The number of carbonyl (C=O) groups is 4. The molecule has 0 aliphatic heterocycles. The summed E-state index contributed by atoms with van der Waals surface area (Å²) in [4.78, 5) is 48.0. The summed E-state index contributed by atoms with van der Waals surface area (Å²) in [5.41, 5.74) is 5.94. The van der Waals surface area contributed by atoms with E-state index in [0.29, 0.717) is 58.4 Å². The number of ether oxygens (including phenoxy) is 2. The lowest BCUT2D eigenvalue weighted by Gasteiger charge is -2.12. The fraction of sp³-hybridized carbons (Fsp3) is 0.892. The maximum absolute atomic E-state index is 12.2. The van der Waals surface area contributed by atoms with Crippen molar-refractivity contribution in [2.24, 2.45) is 5.73 Å². The zero-order chi connectivity index (χ0) is 33.9. The molecule has 270 valence electrons. The van der Waals surface area contributed by atoms with E-state index in [-0.39, 0.29) is 36.6 Å². The van der Waals surface area contributed by atoms with E-state index in [1.807, 2.05) is 0 Å². The normalized spacial score (nSPS) is 11.6. The van der Waals surface area contributed by atoms with Crippen LogP contribution in [0.1, 0.15) is 181 Å². The van der Waals surface area contributed by atoms with Crippen molar-refractivity contribution >= 4 is 23.8 Å². The summed E-state index contributed by atoms with van der Waals surface area (Å²) in [6.45, 7) is 6.15. The molecule has 0 spiro atoms. The lowest BCUT2D eigenvalue weighted by Crippen LogP contribution is -2.41. The summed E-state index contributed by atoms with van der Waals surface area (Å²) in [7, 11) is 0. The maximum Gasteiger partial charge on any atom is 0.305 e. The second-order valence-electron chi connectivity index (χ2n) is 12.8. The minimum atomic E-state index is -0.745. The maximum atomic E-state index is 12.2. The Kier molecular flexibility index (Phi) is 32.6. The molecule has 0 aromatic heterocycles. The summed E-state index contributed by atoms with van der Waals surface area (Å²) in [5.74, 6) is -0.702. The highest BCUT2D eigenvalue weighted by Crippen LogP contribution is 2.12. The van der Waals surface area contributed by atoms with Gasteiger partial charge < -0.3 is 25.8 Å². The number of esters is 2. The van der Waals surface area contributed by atoms with Crippen LogP contribution in [0.15, 0.2) is 0 Å². The average Bonchev–Trinajstić information content (AvgIpc) is 3.05. The first-order valence-electron chi connectivity index (χ1n) is 19.0. The number of amides is 2. The largest absolute Gasteiger partial charge is 0.466 e. The second-order valence-corrected chi connectivity index (χ2v) is 12.8. The molecule has 0 aliphatic rings. The third kappa shape index (κ3) is 31.8. The Hall–Kier alpha value is -2.16. The van der Waals surface area contributed by atoms with Crippen molar-refractivity contribution in [3.8, 4) is 0 Å². The average molecular weight is 654 g/mol. The summed E-state index contributed by atoms with van der Waals surface area (Å²) in [6, 6.07) is -0.745. The Morgan fingerprint density at radius 2 is 0.891 bits per heavy atom. The first-order chi connectivity index (χ1) is 22.4. The fourth-order valence-corrected chi connectivity index (χ4v) is 5.21. The van der Waals surface area contributed by atoms with E-state index in [2.05, 4.69) is 24.5 Å². The Labute approximate surface area is 281 Å². The zero-order valence-electron chi connectivity index (χ0n) is 29.8. The van der Waals surface area contributed by atoms with Crippen molar-refractivity contribution in [3.63, 3.8) is 0 Å². The van der Waals surface area contributed by atoms with Gasteiger partial charge in [0.2, 0.25) is 11.8 Å². The number of nitrogens with one attached hydrogen (secondary N) is 2. The van der Waals surface area contributed by atoms with Gasteiger partial charge in [0.15, 0.2) is 0 Å². The molecular weight excluding hydrogens is 582 g/mol. The molecule has 0 rings (SSSR count). The van der Waals surface area contributed by atoms with Crippen molar-refractivity contribution in [2.45, 2.75) is 187 Å². The van der Waals surface area contributed by atoms with Gasteiger partial charge in [0.05, 0.1) is 19.3 Å². The minimum Gasteiger partial charge on any atom is -0.466 e. The van der Waals surface area contributed by atoms with E-state index >= 15 is 0 Å². The van der Waals surface area contributed by atoms with Crippen LogP contribution in [0.25, 0.3) is 0 Å². The van der Waals surface area contributed by atoms with Crippen LogP contribution in [0.4, 0.5) is 0 Å². The molecule has 9 nitrogen and oxygen atoms in total. The molecule has 0 fully saturated rings. The summed E-state index contributed by atoms with van der Waals surface area (Å²) < 4.78 is 10.6. The number of hydrogen-bond acceptors (Lipinski definition) is 7. The van der Waals surface area contributed by atoms with Crippen molar-refractivity contribution in [1.29, 1.82) is 0 Å². The predicted molar refractivity (Wildman–Crippen MR) is 187 cm³/mol. The molecule has 46 heavy (non-hydrogen) atoms. The van der Waals surface area contributed by atoms with Crippen molar-refractivity contribution in [3.05, 3.63) is 0 Å². The molecule has 0 saturated heterocycles. The molecule has 1 unspecified atom stereocenters. The van der Waals surface area contributed by atoms with Gasteiger partial charge in [-0.2, -0.15) is 0 Å². The van der Waals surface area contributed by atoms with Gasteiger partial charge in [-0.1, -0.05) is 117 Å². The summed E-state index contributed by atoms with van der Waals surface area (Å²) in [5, 5.41) is 5.62. The molecule has 0 aliphatic carbocycles. The van der Waals surface area contributed by atoms with E-state index < -0.39 is 6.04 Å². The van der Waals surface area contributed by atoms with E-state index in [1.165, 1.54) is 89.9 Å². The van der Waals surface area contributed by atoms with Gasteiger partial charge in [-0.15, -0.1) is 0 Å². The van der Waals surface area contributed by atoms with Gasteiger partial charge in [-0.25, -0.2) is 0 Å². The molecule has 0 saturated carbocycles. The lowest BCUT2D eigenvalue weighted by molar-refractivity contribution is -0.144. The molecule has 1 atom stereocenters. The van der Waals surface area contributed by atoms with Crippen molar-refractivity contribution < 1.29 is 28.7 Å². The van der Waals surface area contributed by atoms with E-state index in [0.717, 1.165) is 32.1 Å². The van der Waals surface area contributed by atoms with Crippen LogP contribution in [0.5, 0.6) is 0 Å². The van der Waals surface area contributed by atoms with Crippen LogP contribution in [0.2, 0.25) is 0 Å². The summed E-state index contributed by atoms with van der Waals surface area (Å²) in [6.07, 6.45) is 26.1. The molecular formula is C37H71N3O6. The van der Waals surface area contributed by atoms with Crippen LogP contribution in [0.3, 0.4) is 0 Å². The number of hydrogen-bond donors (Lipinski definition) is 3. The van der Waals surface area contributed by atoms with Crippen LogP contribution in [-0.2, 0) is 28.7 Å². The zero-order valence-corrected chi connectivity index (χ0v) is 29.8. The van der Waals surface area contributed by atoms with E-state index in [1.54, 1.807) is 0 Å². The Morgan fingerprint density at radius 1 is 0.500 bits per heavy atom. The number of carbonyl (C=O) groups excluding carboxylic acids is 4. The Bertz CT molecular complexity index is 749. The first kappa shape index (κ1) is 43.8. The van der Waals surface area contributed by atoms with Gasteiger partial charge in [-0.05, 0) is 44.9 Å². The van der Waals surface area contributed by atoms with Gasteiger partial charge >= 0.3 is 11.9 Å². The number of rotatable bonds is 34. The van der Waals surface area contributed by atoms with Gasteiger partial charge in [0, 0.05) is 32.4 Å². The van der Waals surface area contributed by atoms with Gasteiger partial charge in [-0.3, -0.25) is 19.2 Å². The molecule has 0 radical (unpaired) electrons. The molecule has 9 heteroatoms. The quantitative estimate of drug-likeness (QED) is 0.0476. The molecule has 0 heterocycles. The smallest absolute Gasteiger partial charge is 0.305 e. The van der Waals surface area contributed by atoms with Crippen LogP contribution < -0.4 is 16.4 Å². The standard InChI is InChI=1S/C37H71N3O6/c1-3-5-7-9-11-13-15-17-19-25-35(42)45-31-23-21-29-39-34(41)28-27-33(38)37(44)40-30-22-24-32-46-36(43)26-20-18-16-14-12-10-8-6-4-2/h33H,3-32,38H2,1-2H3,(H,39,41)(H,40,44).